The Morgan fingerprint density at radius 2 is 1.93 bits per heavy atom. The molecule has 0 saturated carbocycles. The van der Waals surface area contributed by atoms with E-state index in [1.165, 1.54) is 23.7 Å². The number of benzene rings is 1. The monoisotopic (exact) mass is 428 g/mol. The Labute approximate surface area is 174 Å². The maximum atomic E-state index is 12.2. The molecule has 11 heteroatoms. The average molecular weight is 428 g/mol. The van der Waals surface area contributed by atoms with Crippen molar-refractivity contribution in [2.45, 2.75) is 12.5 Å². The van der Waals surface area contributed by atoms with Gasteiger partial charge in [0.2, 0.25) is 12.0 Å². The van der Waals surface area contributed by atoms with Crippen molar-refractivity contribution in [3.05, 3.63) is 59.5 Å². The van der Waals surface area contributed by atoms with Gasteiger partial charge >= 0.3 is 0 Å². The molecule has 1 aliphatic rings. The normalized spacial score (nSPS) is 14.6. The highest BCUT2D eigenvalue weighted by atomic mass is 32.1. The van der Waals surface area contributed by atoms with E-state index in [-0.39, 0.29) is 18.8 Å². The van der Waals surface area contributed by atoms with Gasteiger partial charge in [0.05, 0.1) is 18.4 Å². The molecule has 154 valence electrons. The Morgan fingerprint density at radius 1 is 1.10 bits per heavy atom. The van der Waals surface area contributed by atoms with Gasteiger partial charge in [0.25, 0.3) is 11.8 Å². The third-order valence-corrected chi connectivity index (χ3v) is 4.79. The predicted molar refractivity (Wildman–Crippen MR) is 105 cm³/mol. The molecule has 1 unspecified atom stereocenters. The average Bonchev–Trinajstić information content (AvgIpc) is 3.44. The lowest BCUT2D eigenvalue weighted by molar-refractivity contribution is -0.134. The van der Waals surface area contributed by atoms with Crippen LogP contribution in [0.3, 0.4) is 0 Å². The molecule has 0 fully saturated rings. The Bertz CT molecular complexity index is 1060. The number of nitrogens with zero attached hydrogens (tertiary/aromatic N) is 1. The van der Waals surface area contributed by atoms with E-state index in [0.717, 1.165) is 0 Å². The van der Waals surface area contributed by atoms with Gasteiger partial charge in [-0.25, -0.2) is 4.98 Å². The number of rotatable bonds is 5. The van der Waals surface area contributed by atoms with Crippen LogP contribution in [0.1, 0.15) is 16.2 Å². The van der Waals surface area contributed by atoms with Gasteiger partial charge in [0.1, 0.15) is 6.61 Å². The highest BCUT2D eigenvalue weighted by molar-refractivity contribution is 7.14. The molecule has 1 aliphatic heterocycles. The van der Waals surface area contributed by atoms with E-state index in [4.69, 9.17) is 13.9 Å². The number of hydrogen-bond donors (Lipinski definition) is 3. The summed E-state index contributed by atoms with van der Waals surface area (Å²) in [5, 5.41) is 4.54. The maximum Gasteiger partial charge on any atom is 0.293 e. The van der Waals surface area contributed by atoms with Crippen LogP contribution in [0, 0.1) is 0 Å². The fraction of sp³-hybridized carbons (Fsp3) is 0.158. The quantitative estimate of drug-likeness (QED) is 0.525. The van der Waals surface area contributed by atoms with Gasteiger partial charge in [-0.1, -0.05) is 12.1 Å². The minimum atomic E-state index is -0.886. The molecule has 3 N–H and O–H groups in total. The predicted octanol–water partition coefficient (Wildman–Crippen LogP) is 1.52. The molecule has 4 rings (SSSR count). The Kier molecular flexibility index (Phi) is 5.61. The Morgan fingerprint density at radius 3 is 2.73 bits per heavy atom. The van der Waals surface area contributed by atoms with Crippen molar-refractivity contribution in [3.63, 3.8) is 0 Å². The molecule has 0 bridgehead atoms. The van der Waals surface area contributed by atoms with Gasteiger partial charge in [-0.3, -0.25) is 30.6 Å². The molecule has 10 nitrogen and oxygen atoms in total. The number of thiazole rings is 1. The van der Waals surface area contributed by atoms with E-state index in [1.54, 1.807) is 35.7 Å². The van der Waals surface area contributed by atoms with Crippen LogP contribution >= 0.6 is 11.3 Å². The van der Waals surface area contributed by atoms with E-state index in [2.05, 4.69) is 21.2 Å². The number of anilines is 1. The van der Waals surface area contributed by atoms with Crippen molar-refractivity contribution in [2.24, 2.45) is 0 Å². The highest BCUT2D eigenvalue weighted by Crippen LogP contribution is 2.30. The first-order chi connectivity index (χ1) is 14.6. The van der Waals surface area contributed by atoms with Crippen LogP contribution in [-0.4, -0.2) is 35.4 Å². The first-order valence-corrected chi connectivity index (χ1v) is 9.73. The molecule has 2 aromatic heterocycles. The van der Waals surface area contributed by atoms with Crippen molar-refractivity contribution in [2.75, 3.05) is 11.9 Å². The summed E-state index contributed by atoms with van der Waals surface area (Å²) < 4.78 is 16.0. The van der Waals surface area contributed by atoms with Crippen molar-refractivity contribution in [1.82, 2.24) is 15.8 Å². The third kappa shape index (κ3) is 4.58. The largest absolute Gasteiger partial charge is 0.485 e. The van der Waals surface area contributed by atoms with Gasteiger partial charge in [-0.15, -0.1) is 11.3 Å². The standard InChI is InChI=1S/C19H16N4O6S/c24-16(8-11-10-30-19(20-11)21-17(25)14-6-3-7-27-14)22-23-18(26)15-9-28-12-4-1-2-5-13(12)29-15/h1-7,10,15H,8-9H2,(H,22,24)(H,23,26)(H,20,21,25). The number of nitrogens with one attached hydrogen (secondary N) is 3. The molecule has 0 radical (unpaired) electrons. The van der Waals surface area contributed by atoms with E-state index in [1.807, 2.05) is 0 Å². The summed E-state index contributed by atoms with van der Waals surface area (Å²) in [6.07, 6.45) is 0.422. The van der Waals surface area contributed by atoms with E-state index >= 15 is 0 Å². The summed E-state index contributed by atoms with van der Waals surface area (Å²) in [5.41, 5.74) is 5.06. The molecule has 1 aromatic carbocycles. The Hall–Kier alpha value is -3.86. The second kappa shape index (κ2) is 8.66. The highest BCUT2D eigenvalue weighted by Gasteiger charge is 2.27. The van der Waals surface area contributed by atoms with Crippen molar-refractivity contribution < 1.29 is 28.3 Å². The third-order valence-electron chi connectivity index (χ3n) is 3.99. The minimum absolute atomic E-state index is 0.0313. The molecule has 0 aliphatic carbocycles. The molecular weight excluding hydrogens is 412 g/mol. The Balaban J connectivity index is 1.24. The van der Waals surface area contributed by atoms with Crippen LogP contribution in [0.5, 0.6) is 11.5 Å². The summed E-state index contributed by atoms with van der Waals surface area (Å²) >= 11 is 1.17. The fourth-order valence-electron chi connectivity index (χ4n) is 2.58. The molecule has 0 spiro atoms. The number of ether oxygens (including phenoxy) is 2. The van der Waals surface area contributed by atoms with Crippen LogP contribution in [0.15, 0.2) is 52.5 Å². The summed E-state index contributed by atoms with van der Waals surface area (Å²) in [7, 11) is 0. The molecule has 1 atom stereocenters. The summed E-state index contributed by atoms with van der Waals surface area (Å²) in [4.78, 5) is 40.4. The van der Waals surface area contributed by atoms with E-state index < -0.39 is 23.8 Å². The lowest BCUT2D eigenvalue weighted by Crippen LogP contribution is -2.51. The maximum absolute atomic E-state index is 12.2. The first kappa shape index (κ1) is 19.5. The number of carbonyl (C=O) groups excluding carboxylic acids is 3. The van der Waals surface area contributed by atoms with E-state index in [0.29, 0.717) is 22.3 Å². The van der Waals surface area contributed by atoms with Crippen molar-refractivity contribution in [3.8, 4) is 11.5 Å². The first-order valence-electron chi connectivity index (χ1n) is 8.85. The van der Waals surface area contributed by atoms with Gasteiger partial charge in [0, 0.05) is 5.38 Å². The number of hydrazine groups is 1. The fourth-order valence-corrected chi connectivity index (χ4v) is 3.29. The lowest BCUT2D eigenvalue weighted by atomic mass is 10.2. The molecule has 3 amide bonds. The summed E-state index contributed by atoms with van der Waals surface area (Å²) in [6.45, 7) is 0.0313. The zero-order valence-corrected chi connectivity index (χ0v) is 16.2. The number of amides is 3. The number of fused-ring (bicyclic) bond motifs is 1. The molecule has 3 aromatic rings. The van der Waals surface area contributed by atoms with Crippen LogP contribution in [0.25, 0.3) is 0 Å². The summed E-state index contributed by atoms with van der Waals surface area (Å²) in [6, 6.07) is 10.1. The van der Waals surface area contributed by atoms with E-state index in [9.17, 15) is 14.4 Å². The number of carbonyl (C=O) groups is 3. The van der Waals surface area contributed by atoms with Gasteiger partial charge in [0.15, 0.2) is 22.4 Å². The zero-order chi connectivity index (χ0) is 20.9. The second-order valence-electron chi connectivity index (χ2n) is 6.15. The van der Waals surface area contributed by atoms with Crippen molar-refractivity contribution >= 4 is 34.2 Å². The van der Waals surface area contributed by atoms with Crippen molar-refractivity contribution in [1.29, 1.82) is 0 Å². The van der Waals surface area contributed by atoms with Gasteiger partial charge in [-0.2, -0.15) is 0 Å². The lowest BCUT2D eigenvalue weighted by Gasteiger charge is -2.25. The second-order valence-corrected chi connectivity index (χ2v) is 7.01. The topological polar surface area (TPSA) is 132 Å². The number of hydrogen-bond acceptors (Lipinski definition) is 8. The molecule has 30 heavy (non-hydrogen) atoms. The van der Waals surface area contributed by atoms with Crippen LogP contribution in [0.4, 0.5) is 5.13 Å². The smallest absolute Gasteiger partial charge is 0.293 e. The zero-order valence-electron chi connectivity index (χ0n) is 15.4. The van der Waals surface area contributed by atoms with Gasteiger partial charge in [-0.05, 0) is 24.3 Å². The molecule has 0 saturated heterocycles. The SMILES string of the molecule is O=C(Cc1csc(NC(=O)c2ccco2)n1)NNC(=O)C1COc2ccccc2O1. The van der Waals surface area contributed by atoms with Crippen LogP contribution in [0.2, 0.25) is 0 Å². The van der Waals surface area contributed by atoms with Gasteiger partial charge < -0.3 is 13.9 Å². The molecular formula is C19H16N4O6S. The van der Waals surface area contributed by atoms with Crippen LogP contribution < -0.4 is 25.6 Å². The number of aromatic nitrogens is 1. The minimum Gasteiger partial charge on any atom is -0.485 e. The number of para-hydroxylation sites is 2. The van der Waals surface area contributed by atoms with Crippen LogP contribution in [-0.2, 0) is 16.0 Å². The number of furan rings is 1. The summed E-state index contributed by atoms with van der Waals surface area (Å²) in [5.74, 6) is -0.277. The molecule has 3 heterocycles.